The van der Waals surface area contributed by atoms with Gasteiger partial charge in [0.2, 0.25) is 0 Å². The highest BCUT2D eigenvalue weighted by molar-refractivity contribution is 5.24. The first-order chi connectivity index (χ1) is 10.1. The van der Waals surface area contributed by atoms with Crippen molar-refractivity contribution in [1.82, 2.24) is 20.0 Å². The van der Waals surface area contributed by atoms with Gasteiger partial charge in [-0.3, -0.25) is 4.68 Å². The third-order valence-electron chi connectivity index (χ3n) is 4.46. The number of rotatable bonds is 7. The van der Waals surface area contributed by atoms with E-state index in [0.29, 0.717) is 5.92 Å². The lowest BCUT2D eigenvalue weighted by Gasteiger charge is -2.26. The van der Waals surface area contributed by atoms with Crippen LogP contribution in [0.15, 0.2) is 0 Å². The molecule has 1 aromatic heterocycles. The molecule has 0 saturated carbocycles. The minimum absolute atomic E-state index is 0.694. The molecule has 4 heteroatoms. The molecule has 1 aliphatic rings. The summed E-state index contributed by atoms with van der Waals surface area (Å²) in [7, 11) is 0. The largest absolute Gasteiger partial charge is 0.312 e. The average Bonchev–Trinajstić information content (AvgIpc) is 2.73. The molecule has 21 heavy (non-hydrogen) atoms. The van der Waals surface area contributed by atoms with Crippen molar-refractivity contribution in [3.63, 3.8) is 0 Å². The van der Waals surface area contributed by atoms with Crippen LogP contribution in [0, 0.1) is 19.8 Å². The third-order valence-corrected chi connectivity index (χ3v) is 4.46. The minimum Gasteiger partial charge on any atom is -0.312 e. The highest BCUT2D eigenvalue weighted by atomic mass is 15.3. The molecule has 0 bridgehead atoms. The molecule has 1 fully saturated rings. The zero-order valence-corrected chi connectivity index (χ0v) is 14.3. The van der Waals surface area contributed by atoms with Crippen LogP contribution >= 0.6 is 0 Å². The maximum Gasteiger partial charge on any atom is 0.0641 e. The fraction of sp³-hybridized carbons (Fsp3) is 0.824. The van der Waals surface area contributed by atoms with Crippen LogP contribution in [0.1, 0.15) is 50.1 Å². The van der Waals surface area contributed by atoms with Crippen LogP contribution in [0.25, 0.3) is 0 Å². The van der Waals surface area contributed by atoms with Gasteiger partial charge in [-0.15, -0.1) is 0 Å². The first-order valence-electron chi connectivity index (χ1n) is 8.54. The Labute approximate surface area is 129 Å². The van der Waals surface area contributed by atoms with E-state index < -0.39 is 0 Å². The van der Waals surface area contributed by atoms with Crippen molar-refractivity contribution in [3.8, 4) is 0 Å². The van der Waals surface area contributed by atoms with Gasteiger partial charge in [0.05, 0.1) is 12.2 Å². The van der Waals surface area contributed by atoms with Crippen molar-refractivity contribution in [2.24, 2.45) is 5.92 Å². The summed E-state index contributed by atoms with van der Waals surface area (Å²) < 4.78 is 2.20. The van der Waals surface area contributed by atoms with Gasteiger partial charge in [-0.25, -0.2) is 0 Å². The average molecular weight is 292 g/mol. The Hall–Kier alpha value is -0.870. The third kappa shape index (κ3) is 4.82. The predicted octanol–water partition coefficient (Wildman–Crippen LogP) is 2.73. The van der Waals surface area contributed by atoms with Crippen LogP contribution in [0.3, 0.4) is 0 Å². The summed E-state index contributed by atoms with van der Waals surface area (Å²) in [5.41, 5.74) is 3.90. The Balaban J connectivity index is 1.88. The van der Waals surface area contributed by atoms with Gasteiger partial charge in [-0.05, 0) is 52.2 Å². The molecule has 1 aliphatic heterocycles. The molecule has 0 aliphatic carbocycles. The van der Waals surface area contributed by atoms with Crippen LogP contribution in [0.4, 0.5) is 0 Å². The van der Waals surface area contributed by atoms with Crippen LogP contribution in [-0.2, 0) is 13.1 Å². The molecule has 0 atom stereocenters. The van der Waals surface area contributed by atoms with E-state index >= 15 is 0 Å². The van der Waals surface area contributed by atoms with Crippen LogP contribution in [-0.4, -0.2) is 40.9 Å². The molecule has 1 N–H and O–H groups in total. The van der Waals surface area contributed by atoms with E-state index in [0.717, 1.165) is 26.2 Å². The van der Waals surface area contributed by atoms with Gasteiger partial charge in [-0.2, -0.15) is 5.10 Å². The first-order valence-corrected chi connectivity index (χ1v) is 8.54. The second-order valence-electron chi connectivity index (χ2n) is 6.80. The van der Waals surface area contributed by atoms with Gasteiger partial charge in [0, 0.05) is 24.3 Å². The predicted molar refractivity (Wildman–Crippen MR) is 88.5 cm³/mol. The van der Waals surface area contributed by atoms with Gasteiger partial charge in [0.1, 0.15) is 0 Å². The van der Waals surface area contributed by atoms with E-state index in [4.69, 9.17) is 5.10 Å². The number of likely N-dealkylation sites (tertiary alicyclic amines) is 1. The Bertz CT molecular complexity index is 430. The van der Waals surface area contributed by atoms with Gasteiger partial charge in [0.15, 0.2) is 0 Å². The van der Waals surface area contributed by atoms with E-state index in [1.807, 2.05) is 0 Å². The highest BCUT2D eigenvalue weighted by Crippen LogP contribution is 2.14. The molecule has 4 nitrogen and oxygen atoms in total. The normalized spacial score (nSPS) is 16.8. The second kappa shape index (κ2) is 7.95. The van der Waals surface area contributed by atoms with Crippen molar-refractivity contribution < 1.29 is 0 Å². The molecule has 2 rings (SSSR count). The minimum atomic E-state index is 0.694. The molecule has 2 heterocycles. The summed E-state index contributed by atoms with van der Waals surface area (Å²) in [6, 6.07) is 0. The van der Waals surface area contributed by atoms with Crippen molar-refractivity contribution in [2.75, 3.05) is 26.2 Å². The zero-order valence-electron chi connectivity index (χ0n) is 14.3. The summed E-state index contributed by atoms with van der Waals surface area (Å²) in [4.78, 5) is 2.58. The number of aryl methyl sites for hydroxylation is 1. The van der Waals surface area contributed by atoms with E-state index in [9.17, 15) is 0 Å². The van der Waals surface area contributed by atoms with Crippen LogP contribution in [0.5, 0.6) is 0 Å². The molecule has 1 saturated heterocycles. The van der Waals surface area contributed by atoms with E-state index in [1.54, 1.807) is 0 Å². The smallest absolute Gasteiger partial charge is 0.0641 e. The molecule has 0 aromatic carbocycles. The van der Waals surface area contributed by atoms with Crippen molar-refractivity contribution in [2.45, 2.75) is 60.0 Å². The zero-order chi connectivity index (χ0) is 15.2. The van der Waals surface area contributed by atoms with E-state index in [2.05, 4.69) is 42.6 Å². The van der Waals surface area contributed by atoms with Crippen molar-refractivity contribution in [1.29, 1.82) is 0 Å². The summed E-state index contributed by atoms with van der Waals surface area (Å²) in [5, 5.41) is 8.28. The molecule has 0 radical (unpaired) electrons. The summed E-state index contributed by atoms with van der Waals surface area (Å²) in [5.74, 6) is 0.694. The molecule has 0 unspecified atom stereocenters. The lowest BCUT2D eigenvalue weighted by Crippen LogP contribution is -2.33. The van der Waals surface area contributed by atoms with Crippen LogP contribution < -0.4 is 5.32 Å². The van der Waals surface area contributed by atoms with Gasteiger partial charge >= 0.3 is 0 Å². The Morgan fingerprint density at radius 1 is 1.10 bits per heavy atom. The topological polar surface area (TPSA) is 33.1 Å². The SMILES string of the molecule is Cc1nn(CCN2CCCCC2)c(C)c1CNCC(C)C. The van der Waals surface area contributed by atoms with Gasteiger partial charge < -0.3 is 10.2 Å². The fourth-order valence-corrected chi connectivity index (χ4v) is 3.11. The molecule has 0 amide bonds. The standard InChI is InChI=1S/C17H32N4/c1-14(2)12-18-13-17-15(3)19-21(16(17)4)11-10-20-8-6-5-7-9-20/h14,18H,5-13H2,1-4H3. The maximum atomic E-state index is 4.74. The molecule has 120 valence electrons. The maximum absolute atomic E-state index is 4.74. The molecule has 1 aromatic rings. The van der Waals surface area contributed by atoms with E-state index in [1.165, 1.54) is 49.3 Å². The summed E-state index contributed by atoms with van der Waals surface area (Å²) in [6.07, 6.45) is 4.13. The number of nitrogens with zero attached hydrogens (tertiary/aromatic N) is 3. The quantitative estimate of drug-likeness (QED) is 0.839. The number of piperidine rings is 1. The van der Waals surface area contributed by atoms with Crippen LogP contribution in [0.2, 0.25) is 0 Å². The Kier molecular flexibility index (Phi) is 6.24. The summed E-state index contributed by atoms with van der Waals surface area (Å²) >= 11 is 0. The Morgan fingerprint density at radius 3 is 2.48 bits per heavy atom. The van der Waals surface area contributed by atoms with Gasteiger partial charge in [0.25, 0.3) is 0 Å². The molecular weight excluding hydrogens is 260 g/mol. The fourth-order valence-electron chi connectivity index (χ4n) is 3.11. The Morgan fingerprint density at radius 2 is 1.81 bits per heavy atom. The number of hydrogen-bond donors (Lipinski definition) is 1. The van der Waals surface area contributed by atoms with Gasteiger partial charge in [-0.1, -0.05) is 20.3 Å². The lowest BCUT2D eigenvalue weighted by molar-refractivity contribution is 0.217. The molecule has 0 spiro atoms. The van der Waals surface area contributed by atoms with E-state index in [-0.39, 0.29) is 0 Å². The number of aromatic nitrogens is 2. The number of nitrogens with one attached hydrogen (secondary N) is 1. The molecular formula is C17H32N4. The van der Waals surface area contributed by atoms with Crippen molar-refractivity contribution in [3.05, 3.63) is 17.0 Å². The number of hydrogen-bond acceptors (Lipinski definition) is 3. The monoisotopic (exact) mass is 292 g/mol. The van der Waals surface area contributed by atoms with Crippen molar-refractivity contribution >= 4 is 0 Å². The highest BCUT2D eigenvalue weighted by Gasteiger charge is 2.14. The lowest BCUT2D eigenvalue weighted by atomic mass is 10.1. The second-order valence-corrected chi connectivity index (χ2v) is 6.80. The summed E-state index contributed by atoms with van der Waals surface area (Å²) in [6.45, 7) is 15.5. The first kappa shape index (κ1) is 16.5.